The van der Waals surface area contributed by atoms with E-state index in [0.29, 0.717) is 5.56 Å². The first-order valence-electron chi connectivity index (χ1n) is 11.0. The van der Waals surface area contributed by atoms with Gasteiger partial charge in [-0.3, -0.25) is 14.5 Å². The predicted molar refractivity (Wildman–Crippen MR) is 138 cm³/mol. The molecule has 0 aromatic heterocycles. The van der Waals surface area contributed by atoms with Crippen LogP contribution in [0.1, 0.15) is 22.6 Å². The van der Waals surface area contributed by atoms with Crippen LogP contribution in [0.5, 0.6) is 0 Å². The molecule has 3 aromatic carbocycles. The van der Waals surface area contributed by atoms with Gasteiger partial charge in [0.15, 0.2) is 11.0 Å². The van der Waals surface area contributed by atoms with Gasteiger partial charge in [0.2, 0.25) is 5.91 Å². The van der Waals surface area contributed by atoms with Crippen molar-refractivity contribution in [3.63, 3.8) is 0 Å². The second-order valence-electron chi connectivity index (χ2n) is 8.51. The molecular weight excluding hydrogens is 524 g/mol. The Morgan fingerprint density at radius 3 is 2.46 bits per heavy atom. The Bertz CT molecular complexity index is 1370. The largest absolute Gasteiger partial charge is 0.468 e. The third kappa shape index (κ3) is 3.43. The van der Waals surface area contributed by atoms with Gasteiger partial charge in [0, 0.05) is 26.9 Å². The molecule has 2 aliphatic heterocycles. The molecule has 0 bridgehead atoms. The average Bonchev–Trinajstić information content (AvgIpc) is 3.14. The summed E-state index contributed by atoms with van der Waals surface area (Å²) >= 11 is 4.88. The topological polar surface area (TPSA) is 70.4 Å². The maximum absolute atomic E-state index is 14.3. The van der Waals surface area contributed by atoms with Crippen LogP contribution in [0.4, 0.5) is 0 Å². The lowest BCUT2D eigenvalue weighted by Crippen LogP contribution is -2.46. The van der Waals surface area contributed by atoms with Gasteiger partial charge in [0.05, 0.1) is 19.1 Å². The lowest BCUT2D eigenvalue weighted by atomic mass is 9.64. The number of hydrogen-bond donors (Lipinski definition) is 0. The molecule has 174 valence electrons. The molecule has 5 rings (SSSR count). The van der Waals surface area contributed by atoms with Crippen molar-refractivity contribution in [2.75, 3.05) is 12.9 Å². The Hall–Kier alpha value is -3.34. The molecule has 2 aliphatic rings. The fraction of sp³-hybridized carbons (Fsp3) is 0.179. The fourth-order valence-corrected chi connectivity index (χ4v) is 6.69. The van der Waals surface area contributed by atoms with E-state index >= 15 is 0 Å². The number of thioether (sulfide) groups is 1. The number of hydrogen-bond acceptors (Lipinski definition) is 5. The molecule has 5 nitrogen and oxygen atoms in total. The van der Waals surface area contributed by atoms with E-state index in [4.69, 9.17) is 4.74 Å². The van der Waals surface area contributed by atoms with Crippen molar-refractivity contribution in [2.45, 2.75) is 16.4 Å². The highest BCUT2D eigenvalue weighted by Crippen LogP contribution is 2.62. The summed E-state index contributed by atoms with van der Waals surface area (Å²) in [4.78, 5) is 30.4. The third-order valence-corrected chi connectivity index (χ3v) is 8.53. The van der Waals surface area contributed by atoms with Gasteiger partial charge in [0.25, 0.3) is 0 Å². The van der Waals surface area contributed by atoms with E-state index in [1.165, 1.54) is 23.8 Å². The molecule has 3 atom stereocenters. The summed E-state index contributed by atoms with van der Waals surface area (Å²) in [5.41, 5.74) is -0.782. The van der Waals surface area contributed by atoms with Crippen LogP contribution in [-0.2, 0) is 19.9 Å². The van der Waals surface area contributed by atoms with Crippen molar-refractivity contribution in [3.05, 3.63) is 106 Å². The van der Waals surface area contributed by atoms with Crippen molar-refractivity contribution in [1.82, 2.24) is 4.90 Å². The molecule has 1 fully saturated rings. The number of ether oxygens (including phenoxy) is 1. The minimum Gasteiger partial charge on any atom is -0.468 e. The molecule has 0 saturated carbocycles. The molecule has 7 heteroatoms. The molecule has 2 heterocycles. The van der Waals surface area contributed by atoms with Gasteiger partial charge in [0.1, 0.15) is 0 Å². The minimum absolute atomic E-state index is 0.124. The van der Waals surface area contributed by atoms with Gasteiger partial charge in [-0.05, 0) is 41.5 Å². The monoisotopic (exact) mass is 544 g/mol. The Balaban J connectivity index is 1.79. The van der Waals surface area contributed by atoms with Crippen LogP contribution in [0.3, 0.4) is 0 Å². The van der Waals surface area contributed by atoms with Crippen LogP contribution in [0, 0.1) is 16.7 Å². The van der Waals surface area contributed by atoms with E-state index in [0.717, 1.165) is 20.5 Å². The molecule has 0 spiro atoms. The number of amides is 1. The van der Waals surface area contributed by atoms with Crippen molar-refractivity contribution < 1.29 is 14.3 Å². The number of nitrogens with zero attached hydrogens (tertiary/aromatic N) is 2. The molecule has 0 unspecified atom stereocenters. The Labute approximate surface area is 216 Å². The number of benzene rings is 3. The lowest BCUT2D eigenvalue weighted by molar-refractivity contribution is -0.157. The van der Waals surface area contributed by atoms with Crippen molar-refractivity contribution >= 4 is 45.6 Å². The number of fused-ring (bicyclic) bond motifs is 3. The first kappa shape index (κ1) is 23.4. The maximum Gasteiger partial charge on any atom is 0.323 e. The summed E-state index contributed by atoms with van der Waals surface area (Å²) in [6.45, 7) is 0. The van der Waals surface area contributed by atoms with Crippen LogP contribution in [0.25, 0.3) is 6.08 Å². The van der Waals surface area contributed by atoms with Gasteiger partial charge in [-0.2, -0.15) is 5.26 Å². The number of nitriles is 1. The van der Waals surface area contributed by atoms with Gasteiger partial charge in [-0.1, -0.05) is 70.5 Å². The molecule has 1 saturated heterocycles. The lowest BCUT2D eigenvalue weighted by Gasteiger charge is -2.40. The molecular formula is C28H21BrN2O3S. The molecule has 0 aliphatic carbocycles. The van der Waals surface area contributed by atoms with Crippen LogP contribution in [-0.4, -0.2) is 29.6 Å². The summed E-state index contributed by atoms with van der Waals surface area (Å²) in [5, 5.41) is 10.8. The summed E-state index contributed by atoms with van der Waals surface area (Å²) in [7, 11) is 1.29. The van der Waals surface area contributed by atoms with E-state index in [1.807, 2.05) is 84.9 Å². The first-order chi connectivity index (χ1) is 17.0. The smallest absolute Gasteiger partial charge is 0.323 e. The second kappa shape index (κ2) is 9.03. The number of esters is 1. The van der Waals surface area contributed by atoms with Gasteiger partial charge < -0.3 is 4.74 Å². The summed E-state index contributed by atoms with van der Waals surface area (Å²) in [6.07, 6.45) is 3.46. The van der Waals surface area contributed by atoms with E-state index in [1.54, 1.807) is 6.20 Å². The molecule has 0 radical (unpaired) electrons. The van der Waals surface area contributed by atoms with Crippen LogP contribution < -0.4 is 0 Å². The SMILES string of the molecule is COC(=O)[C@@]1(CSc2ccccc2)C(=O)N2C=Cc3ccccc3[C@@]2(C#N)[C@@H]1c1ccc(Br)cc1. The van der Waals surface area contributed by atoms with Crippen molar-refractivity contribution in [1.29, 1.82) is 5.26 Å². The zero-order chi connectivity index (χ0) is 24.6. The normalized spacial score (nSPS) is 24.4. The van der Waals surface area contributed by atoms with Crippen LogP contribution in [0.2, 0.25) is 0 Å². The highest BCUT2D eigenvalue weighted by Gasteiger charge is 2.72. The number of carbonyl (C=O) groups excluding carboxylic acids is 2. The Morgan fingerprint density at radius 1 is 1.09 bits per heavy atom. The maximum atomic E-state index is 14.3. The van der Waals surface area contributed by atoms with Crippen LogP contribution >= 0.6 is 27.7 Å². The van der Waals surface area contributed by atoms with E-state index < -0.39 is 28.7 Å². The van der Waals surface area contributed by atoms with Crippen molar-refractivity contribution in [2.24, 2.45) is 5.41 Å². The van der Waals surface area contributed by atoms with Gasteiger partial charge in [-0.25, -0.2) is 0 Å². The number of methoxy groups -OCH3 is 1. The van der Waals surface area contributed by atoms with Crippen LogP contribution in [0.15, 0.2) is 94.4 Å². The van der Waals surface area contributed by atoms with Crippen molar-refractivity contribution in [3.8, 4) is 6.07 Å². The van der Waals surface area contributed by atoms with E-state index in [-0.39, 0.29) is 5.75 Å². The van der Waals surface area contributed by atoms with E-state index in [2.05, 4.69) is 22.0 Å². The second-order valence-corrected chi connectivity index (χ2v) is 10.5. The quantitative estimate of drug-likeness (QED) is 0.233. The predicted octanol–water partition coefficient (Wildman–Crippen LogP) is 5.73. The third-order valence-electron chi connectivity index (χ3n) is 6.80. The van der Waals surface area contributed by atoms with Gasteiger partial charge >= 0.3 is 5.97 Å². The number of halogens is 1. The molecule has 35 heavy (non-hydrogen) atoms. The average molecular weight is 545 g/mol. The molecule has 1 amide bonds. The highest BCUT2D eigenvalue weighted by atomic mass is 79.9. The number of carbonyl (C=O) groups is 2. The highest BCUT2D eigenvalue weighted by molar-refractivity contribution is 9.10. The summed E-state index contributed by atoms with van der Waals surface area (Å²) in [6, 6.07) is 27.1. The fourth-order valence-electron chi connectivity index (χ4n) is 5.27. The Morgan fingerprint density at radius 2 is 1.77 bits per heavy atom. The minimum atomic E-state index is -1.62. The number of rotatable bonds is 5. The standard InChI is InChI=1S/C28H21BrN2O3S/c1-34-26(33)27(18-35-22-8-3-2-4-9-22)24(20-11-13-21(29)14-12-20)28(17-30)23-10-6-5-7-19(23)15-16-31(28)25(27)32/h2-16,24H,18H2,1H3/t24-,27-,28+/m1/s1. The summed E-state index contributed by atoms with van der Waals surface area (Å²) < 4.78 is 6.17. The zero-order valence-electron chi connectivity index (χ0n) is 18.9. The molecule has 0 N–H and O–H groups in total. The first-order valence-corrected chi connectivity index (χ1v) is 12.8. The zero-order valence-corrected chi connectivity index (χ0v) is 21.3. The summed E-state index contributed by atoms with van der Waals surface area (Å²) in [5.74, 6) is -1.77. The Kier molecular flexibility index (Phi) is 6.04. The van der Waals surface area contributed by atoms with E-state index in [9.17, 15) is 14.9 Å². The van der Waals surface area contributed by atoms with Gasteiger partial charge in [-0.15, -0.1) is 11.8 Å². The molecule has 3 aromatic rings.